The van der Waals surface area contributed by atoms with E-state index >= 15 is 0 Å². The fraction of sp³-hybridized carbons (Fsp3) is 0.919. The predicted octanol–water partition coefficient (Wildman–Crippen LogP) is 10.7. The van der Waals surface area contributed by atoms with E-state index in [2.05, 4.69) is 19.2 Å². The Labute approximate surface area is 256 Å². The highest BCUT2D eigenvalue weighted by molar-refractivity contribution is 5.76. The summed E-state index contributed by atoms with van der Waals surface area (Å²) in [6, 6.07) is -0.614. The van der Waals surface area contributed by atoms with Crippen LogP contribution >= 0.6 is 0 Å². The van der Waals surface area contributed by atoms with E-state index in [1.54, 1.807) is 6.08 Å². The van der Waals surface area contributed by atoms with E-state index in [1.807, 2.05) is 6.08 Å². The summed E-state index contributed by atoms with van der Waals surface area (Å²) in [5.74, 6) is -0.0628. The molecule has 0 fully saturated rings. The molecule has 0 aliphatic rings. The first kappa shape index (κ1) is 40.1. The largest absolute Gasteiger partial charge is 0.394 e. The minimum absolute atomic E-state index is 0.0628. The number of carbonyl (C=O) groups excluding carboxylic acids is 1. The lowest BCUT2D eigenvalue weighted by Gasteiger charge is -2.20. The van der Waals surface area contributed by atoms with E-state index in [1.165, 1.54) is 154 Å². The Balaban J connectivity index is 3.59. The molecule has 0 rings (SSSR count). The molecule has 1 amide bonds. The van der Waals surface area contributed by atoms with Crippen LogP contribution in [0.1, 0.15) is 200 Å². The van der Waals surface area contributed by atoms with Crippen LogP contribution in [0.4, 0.5) is 0 Å². The first-order valence-corrected chi connectivity index (χ1v) is 18.4. The number of amides is 1. The summed E-state index contributed by atoms with van der Waals surface area (Å²) < 4.78 is 0. The van der Waals surface area contributed by atoms with Crippen LogP contribution < -0.4 is 5.32 Å². The van der Waals surface area contributed by atoms with Crippen molar-refractivity contribution in [2.24, 2.45) is 0 Å². The molecule has 4 heteroatoms. The molecule has 0 heterocycles. The number of hydrogen-bond donors (Lipinski definition) is 3. The van der Waals surface area contributed by atoms with Crippen LogP contribution in [0.15, 0.2) is 12.2 Å². The third-order valence-corrected chi connectivity index (χ3v) is 8.52. The molecule has 0 aromatic carbocycles. The summed E-state index contributed by atoms with van der Waals surface area (Å²) in [7, 11) is 0. The highest BCUT2D eigenvalue weighted by Gasteiger charge is 2.17. The molecule has 0 unspecified atom stereocenters. The lowest BCUT2D eigenvalue weighted by molar-refractivity contribution is -0.123. The van der Waals surface area contributed by atoms with Crippen molar-refractivity contribution < 1.29 is 15.0 Å². The van der Waals surface area contributed by atoms with Crippen LogP contribution in [0.3, 0.4) is 0 Å². The van der Waals surface area contributed by atoms with Crippen LogP contribution in [0.5, 0.6) is 0 Å². The van der Waals surface area contributed by atoms with Gasteiger partial charge in [-0.05, 0) is 19.3 Å². The maximum absolute atomic E-state index is 12.3. The number of carbonyl (C=O) groups is 1. The molecular weight excluding hydrogens is 506 g/mol. The number of nitrogens with one attached hydrogen (secondary N) is 1. The zero-order valence-corrected chi connectivity index (χ0v) is 27.8. The van der Waals surface area contributed by atoms with E-state index in [9.17, 15) is 15.0 Å². The van der Waals surface area contributed by atoms with Crippen LogP contribution in [-0.2, 0) is 4.79 Å². The summed E-state index contributed by atoms with van der Waals surface area (Å²) in [4.78, 5) is 12.3. The van der Waals surface area contributed by atoms with Crippen molar-refractivity contribution >= 4 is 5.91 Å². The molecule has 0 aliphatic carbocycles. The third kappa shape index (κ3) is 30.4. The Morgan fingerprint density at radius 2 is 0.902 bits per heavy atom. The van der Waals surface area contributed by atoms with Gasteiger partial charge in [0.2, 0.25) is 5.91 Å². The number of unbranched alkanes of at least 4 members (excludes halogenated alkanes) is 26. The molecule has 244 valence electrons. The van der Waals surface area contributed by atoms with E-state index < -0.39 is 12.1 Å². The van der Waals surface area contributed by atoms with Gasteiger partial charge in [0.25, 0.3) is 0 Å². The summed E-state index contributed by atoms with van der Waals surface area (Å²) >= 11 is 0. The number of hydrogen-bond acceptors (Lipinski definition) is 3. The lowest BCUT2D eigenvalue weighted by Crippen LogP contribution is -2.45. The summed E-state index contributed by atoms with van der Waals surface area (Å²) in [5.41, 5.74) is 0. The van der Waals surface area contributed by atoms with Crippen molar-refractivity contribution in [2.75, 3.05) is 6.61 Å². The minimum atomic E-state index is -0.831. The summed E-state index contributed by atoms with van der Waals surface area (Å²) in [6.07, 6.45) is 40.0. The van der Waals surface area contributed by atoms with E-state index in [4.69, 9.17) is 0 Å². The van der Waals surface area contributed by atoms with Crippen LogP contribution in [0.2, 0.25) is 0 Å². The van der Waals surface area contributed by atoms with Crippen LogP contribution in [0, 0.1) is 0 Å². The van der Waals surface area contributed by atoms with Gasteiger partial charge < -0.3 is 15.5 Å². The molecule has 0 aromatic rings. The molecule has 0 saturated carbocycles. The highest BCUT2D eigenvalue weighted by Crippen LogP contribution is 2.15. The van der Waals surface area contributed by atoms with Gasteiger partial charge in [0.05, 0.1) is 18.8 Å². The maximum atomic E-state index is 12.3. The Bertz CT molecular complexity index is 550. The molecule has 0 aliphatic heterocycles. The van der Waals surface area contributed by atoms with Gasteiger partial charge in [0.15, 0.2) is 0 Å². The monoisotopic (exact) mass is 580 g/mol. The molecular formula is C37H73NO3. The molecule has 4 nitrogen and oxygen atoms in total. The SMILES string of the molecule is CCCCCCCCCCCCCC/C=C/[C@@H](O)[C@H](CO)NC(=O)CCCCCCCCCCCCCCCCC. The fourth-order valence-electron chi connectivity index (χ4n) is 5.65. The van der Waals surface area contributed by atoms with Gasteiger partial charge in [-0.15, -0.1) is 0 Å². The smallest absolute Gasteiger partial charge is 0.220 e. The average molecular weight is 580 g/mol. The van der Waals surface area contributed by atoms with E-state index in [-0.39, 0.29) is 12.5 Å². The predicted molar refractivity (Wildman–Crippen MR) is 179 cm³/mol. The minimum Gasteiger partial charge on any atom is -0.394 e. The van der Waals surface area contributed by atoms with Crippen LogP contribution in [-0.4, -0.2) is 34.9 Å². The fourth-order valence-corrected chi connectivity index (χ4v) is 5.65. The number of rotatable bonds is 33. The second-order valence-corrected chi connectivity index (χ2v) is 12.7. The summed E-state index contributed by atoms with van der Waals surface area (Å²) in [6.45, 7) is 4.30. The van der Waals surface area contributed by atoms with Crippen molar-refractivity contribution in [1.82, 2.24) is 5.32 Å². The first-order valence-electron chi connectivity index (χ1n) is 18.4. The third-order valence-electron chi connectivity index (χ3n) is 8.52. The number of aliphatic hydroxyl groups excluding tert-OH is 2. The quantitative estimate of drug-likeness (QED) is 0.0535. The van der Waals surface area contributed by atoms with Gasteiger partial charge >= 0.3 is 0 Å². The van der Waals surface area contributed by atoms with Gasteiger partial charge in [0.1, 0.15) is 0 Å². The average Bonchev–Trinajstić information content (AvgIpc) is 2.97. The van der Waals surface area contributed by atoms with Gasteiger partial charge in [-0.3, -0.25) is 4.79 Å². The normalized spacial score (nSPS) is 13.2. The topological polar surface area (TPSA) is 69.6 Å². The standard InChI is InChI=1S/C37H73NO3/c1-3-5-7-9-11-13-15-17-19-21-23-25-27-29-31-33-37(41)38-35(34-39)36(40)32-30-28-26-24-22-20-18-16-14-12-10-8-6-4-2/h30,32,35-36,39-40H,3-29,31,33-34H2,1-2H3,(H,38,41)/b32-30+/t35-,36+/m0/s1. The van der Waals surface area contributed by atoms with Crippen LogP contribution in [0.25, 0.3) is 0 Å². The van der Waals surface area contributed by atoms with Gasteiger partial charge in [-0.1, -0.05) is 187 Å². The Kier molecular flexibility index (Phi) is 32.9. The Morgan fingerprint density at radius 3 is 1.27 bits per heavy atom. The van der Waals surface area contributed by atoms with Gasteiger partial charge in [0, 0.05) is 6.42 Å². The highest BCUT2D eigenvalue weighted by atomic mass is 16.3. The van der Waals surface area contributed by atoms with Crippen molar-refractivity contribution in [3.63, 3.8) is 0 Å². The number of aliphatic hydroxyl groups is 2. The molecule has 0 saturated heterocycles. The molecule has 41 heavy (non-hydrogen) atoms. The Morgan fingerprint density at radius 1 is 0.561 bits per heavy atom. The van der Waals surface area contributed by atoms with Crippen molar-refractivity contribution in [3.8, 4) is 0 Å². The zero-order valence-electron chi connectivity index (χ0n) is 27.8. The zero-order chi connectivity index (χ0) is 30.1. The molecule has 0 spiro atoms. The van der Waals surface area contributed by atoms with Gasteiger partial charge in [-0.2, -0.15) is 0 Å². The van der Waals surface area contributed by atoms with Gasteiger partial charge in [-0.25, -0.2) is 0 Å². The molecule has 0 radical (unpaired) electrons. The van der Waals surface area contributed by atoms with Crippen molar-refractivity contribution in [2.45, 2.75) is 212 Å². The lowest BCUT2D eigenvalue weighted by atomic mass is 10.0. The second kappa shape index (κ2) is 33.6. The molecule has 3 N–H and O–H groups in total. The molecule has 0 aromatic heterocycles. The molecule has 2 atom stereocenters. The van der Waals surface area contributed by atoms with Crippen molar-refractivity contribution in [1.29, 1.82) is 0 Å². The van der Waals surface area contributed by atoms with E-state index in [0.717, 1.165) is 25.7 Å². The Hall–Kier alpha value is -0.870. The molecule has 0 bridgehead atoms. The maximum Gasteiger partial charge on any atom is 0.220 e. The number of allylic oxidation sites excluding steroid dienone is 1. The van der Waals surface area contributed by atoms with Crippen molar-refractivity contribution in [3.05, 3.63) is 12.2 Å². The summed E-state index contributed by atoms with van der Waals surface area (Å²) in [5, 5.41) is 22.9. The van der Waals surface area contributed by atoms with E-state index in [0.29, 0.717) is 6.42 Å². The second-order valence-electron chi connectivity index (χ2n) is 12.7. The first-order chi connectivity index (χ1) is 20.2.